The number of carbonyl (C=O) groups is 3. The summed E-state index contributed by atoms with van der Waals surface area (Å²) in [6.45, 7) is 1.26. The summed E-state index contributed by atoms with van der Waals surface area (Å²) in [7, 11) is 0. The zero-order chi connectivity index (χ0) is 23.6. The molecule has 1 aromatic carbocycles. The molecule has 172 valence electrons. The van der Waals surface area contributed by atoms with Gasteiger partial charge in [-0.3, -0.25) is 19.4 Å². The first kappa shape index (κ1) is 25.9. The summed E-state index contributed by atoms with van der Waals surface area (Å²) in [5.41, 5.74) is 16.9. The van der Waals surface area contributed by atoms with Crippen LogP contribution in [-0.2, 0) is 20.8 Å². The van der Waals surface area contributed by atoms with Crippen molar-refractivity contribution in [3.8, 4) is 0 Å². The van der Waals surface area contributed by atoms with Gasteiger partial charge in [-0.2, -0.15) is 13.2 Å². The molecule has 0 unspecified atom stereocenters. The van der Waals surface area contributed by atoms with Gasteiger partial charge in [0.15, 0.2) is 5.96 Å². The Morgan fingerprint density at radius 3 is 2.23 bits per heavy atom. The van der Waals surface area contributed by atoms with E-state index < -0.39 is 41.9 Å². The molecular formula is C19H27F3N6O3. The van der Waals surface area contributed by atoms with Crippen LogP contribution in [0.1, 0.15) is 25.3 Å². The zero-order valence-corrected chi connectivity index (χ0v) is 17.0. The van der Waals surface area contributed by atoms with Crippen LogP contribution in [0, 0.1) is 0 Å². The molecule has 2 amide bonds. The van der Waals surface area contributed by atoms with Gasteiger partial charge in [0.2, 0.25) is 11.8 Å². The summed E-state index contributed by atoms with van der Waals surface area (Å²) in [5.74, 6) is -3.96. The van der Waals surface area contributed by atoms with Gasteiger partial charge in [0, 0.05) is 6.54 Å². The second-order valence-corrected chi connectivity index (χ2v) is 6.90. The van der Waals surface area contributed by atoms with Crippen molar-refractivity contribution < 1.29 is 27.6 Å². The van der Waals surface area contributed by atoms with Crippen molar-refractivity contribution in [1.82, 2.24) is 10.6 Å². The fraction of sp³-hybridized carbons (Fsp3) is 0.474. The maximum Gasteiger partial charge on any atom is 0.452 e. The molecular weight excluding hydrogens is 417 g/mol. The summed E-state index contributed by atoms with van der Waals surface area (Å²) >= 11 is 0. The zero-order valence-electron chi connectivity index (χ0n) is 17.0. The lowest BCUT2D eigenvalue weighted by molar-refractivity contribution is -0.174. The molecule has 0 aliphatic rings. The van der Waals surface area contributed by atoms with E-state index in [-0.39, 0.29) is 31.8 Å². The van der Waals surface area contributed by atoms with Crippen molar-refractivity contribution in [3.63, 3.8) is 0 Å². The molecule has 9 nitrogen and oxygen atoms in total. The highest BCUT2D eigenvalue weighted by Gasteiger charge is 2.44. The van der Waals surface area contributed by atoms with Gasteiger partial charge in [-0.1, -0.05) is 30.3 Å². The first-order chi connectivity index (χ1) is 14.4. The Morgan fingerprint density at radius 1 is 1.06 bits per heavy atom. The SMILES string of the molecule is C[C@H](NC(=O)[C@@H](N)Cc1ccccc1)C(=O)N[C@@H](CCCN=C(N)N)C(=O)C(F)(F)F. The van der Waals surface area contributed by atoms with Crippen LogP contribution in [0.4, 0.5) is 13.2 Å². The number of hydrogen-bond acceptors (Lipinski definition) is 5. The molecule has 0 heterocycles. The Kier molecular flexibility index (Phi) is 9.93. The maximum absolute atomic E-state index is 12.9. The summed E-state index contributed by atoms with van der Waals surface area (Å²) in [4.78, 5) is 39.8. The molecule has 0 aliphatic heterocycles. The van der Waals surface area contributed by atoms with E-state index in [4.69, 9.17) is 17.2 Å². The van der Waals surface area contributed by atoms with Gasteiger partial charge in [-0.25, -0.2) is 0 Å². The number of aliphatic imine (C=N–C) groups is 1. The van der Waals surface area contributed by atoms with Crippen LogP contribution in [0.5, 0.6) is 0 Å². The number of rotatable bonds is 11. The molecule has 0 saturated carbocycles. The third-order valence-corrected chi connectivity index (χ3v) is 4.24. The number of Topliss-reactive ketones (excluding diaryl/α,β-unsaturated/α-hetero) is 1. The summed E-state index contributed by atoms with van der Waals surface area (Å²) in [6, 6.07) is 4.90. The van der Waals surface area contributed by atoms with Crippen molar-refractivity contribution in [2.24, 2.45) is 22.2 Å². The van der Waals surface area contributed by atoms with Gasteiger partial charge >= 0.3 is 6.18 Å². The van der Waals surface area contributed by atoms with E-state index in [0.29, 0.717) is 0 Å². The summed E-state index contributed by atoms with van der Waals surface area (Å²) in [6.07, 6.45) is -5.25. The van der Waals surface area contributed by atoms with Gasteiger partial charge in [-0.15, -0.1) is 0 Å². The predicted molar refractivity (Wildman–Crippen MR) is 109 cm³/mol. The standard InChI is InChI=1S/C19H27F3N6O3/c1-11(27-17(31)13(23)10-12-6-3-2-4-7-12)16(30)28-14(15(29)19(20,21)22)8-5-9-26-18(24)25/h2-4,6-7,11,13-14H,5,8-10,23H2,1H3,(H,27,31)(H,28,30)(H4,24,25,26)/t11-,13-,14-/m0/s1. The van der Waals surface area contributed by atoms with Crippen molar-refractivity contribution in [2.75, 3.05) is 6.54 Å². The fourth-order valence-electron chi connectivity index (χ4n) is 2.61. The van der Waals surface area contributed by atoms with E-state index in [1.807, 2.05) is 5.32 Å². The highest BCUT2D eigenvalue weighted by molar-refractivity contribution is 5.95. The van der Waals surface area contributed by atoms with Gasteiger partial charge in [0.1, 0.15) is 6.04 Å². The number of amides is 2. The second-order valence-electron chi connectivity index (χ2n) is 6.90. The molecule has 0 fully saturated rings. The second kappa shape index (κ2) is 11.9. The molecule has 0 aliphatic carbocycles. The Balaban J connectivity index is 2.69. The molecule has 8 N–H and O–H groups in total. The molecule has 0 bridgehead atoms. The van der Waals surface area contributed by atoms with Crippen LogP contribution in [0.3, 0.4) is 0 Å². The van der Waals surface area contributed by atoms with E-state index in [0.717, 1.165) is 5.56 Å². The average molecular weight is 444 g/mol. The first-order valence-electron chi connectivity index (χ1n) is 9.48. The lowest BCUT2D eigenvalue weighted by Gasteiger charge is -2.22. The van der Waals surface area contributed by atoms with E-state index >= 15 is 0 Å². The Hall–Kier alpha value is -3.15. The molecule has 0 aromatic heterocycles. The number of benzene rings is 1. The minimum absolute atomic E-state index is 0.0134. The van der Waals surface area contributed by atoms with E-state index in [1.54, 1.807) is 30.3 Å². The van der Waals surface area contributed by atoms with Crippen molar-refractivity contribution in [1.29, 1.82) is 0 Å². The van der Waals surface area contributed by atoms with Gasteiger partial charge in [0.25, 0.3) is 5.78 Å². The van der Waals surface area contributed by atoms with Gasteiger partial charge < -0.3 is 27.8 Å². The normalized spacial score (nSPS) is 14.1. The number of hydrogen-bond donors (Lipinski definition) is 5. The number of guanidine groups is 1. The van der Waals surface area contributed by atoms with Crippen LogP contribution >= 0.6 is 0 Å². The number of nitrogens with zero attached hydrogens (tertiary/aromatic N) is 1. The van der Waals surface area contributed by atoms with Crippen LogP contribution in [0.2, 0.25) is 0 Å². The van der Waals surface area contributed by atoms with E-state index in [1.165, 1.54) is 6.92 Å². The van der Waals surface area contributed by atoms with Gasteiger partial charge in [-0.05, 0) is 31.7 Å². The van der Waals surface area contributed by atoms with Crippen LogP contribution < -0.4 is 27.8 Å². The molecule has 1 rings (SSSR count). The van der Waals surface area contributed by atoms with Crippen molar-refractivity contribution in [3.05, 3.63) is 35.9 Å². The molecule has 0 radical (unpaired) electrons. The number of alkyl halides is 3. The number of nitrogens with two attached hydrogens (primary N) is 3. The fourth-order valence-corrected chi connectivity index (χ4v) is 2.61. The van der Waals surface area contributed by atoms with E-state index in [9.17, 15) is 27.6 Å². The highest BCUT2D eigenvalue weighted by atomic mass is 19.4. The molecule has 31 heavy (non-hydrogen) atoms. The summed E-state index contributed by atoms with van der Waals surface area (Å²) in [5, 5.41) is 4.37. The Labute approximate surface area is 177 Å². The quantitative estimate of drug-likeness (QED) is 0.179. The molecule has 12 heteroatoms. The topological polar surface area (TPSA) is 166 Å². The molecule has 0 saturated heterocycles. The lowest BCUT2D eigenvalue weighted by atomic mass is 10.0. The maximum atomic E-state index is 12.9. The van der Waals surface area contributed by atoms with Crippen molar-refractivity contribution >= 4 is 23.6 Å². The number of carbonyl (C=O) groups excluding carboxylic acids is 3. The third-order valence-electron chi connectivity index (χ3n) is 4.24. The first-order valence-corrected chi connectivity index (χ1v) is 9.48. The number of nitrogens with one attached hydrogen (secondary N) is 2. The van der Waals surface area contributed by atoms with Gasteiger partial charge in [0.05, 0.1) is 12.1 Å². The number of ketones is 1. The van der Waals surface area contributed by atoms with Crippen LogP contribution in [0.25, 0.3) is 0 Å². The minimum atomic E-state index is -5.14. The van der Waals surface area contributed by atoms with Crippen molar-refractivity contribution in [2.45, 2.75) is 50.5 Å². The third kappa shape index (κ3) is 9.47. The number of halogens is 3. The molecule has 1 aromatic rings. The van der Waals surface area contributed by atoms with E-state index in [2.05, 4.69) is 10.3 Å². The average Bonchev–Trinajstić information content (AvgIpc) is 2.69. The largest absolute Gasteiger partial charge is 0.452 e. The minimum Gasteiger partial charge on any atom is -0.370 e. The lowest BCUT2D eigenvalue weighted by Crippen LogP contribution is -2.55. The predicted octanol–water partition coefficient (Wildman–Crippen LogP) is -0.269. The molecule has 3 atom stereocenters. The Morgan fingerprint density at radius 2 is 1.68 bits per heavy atom. The highest BCUT2D eigenvalue weighted by Crippen LogP contribution is 2.20. The van der Waals surface area contributed by atoms with Crippen LogP contribution in [-0.4, -0.2) is 54.4 Å². The Bertz CT molecular complexity index is 782. The smallest absolute Gasteiger partial charge is 0.370 e. The monoisotopic (exact) mass is 444 g/mol. The molecule has 0 spiro atoms. The van der Waals surface area contributed by atoms with Crippen LogP contribution in [0.15, 0.2) is 35.3 Å². The summed E-state index contributed by atoms with van der Waals surface area (Å²) < 4.78 is 38.6.